The second-order valence-corrected chi connectivity index (χ2v) is 5.94. The van der Waals surface area contributed by atoms with Crippen molar-refractivity contribution in [3.05, 3.63) is 63.3 Å². The van der Waals surface area contributed by atoms with Crippen LogP contribution in [0.3, 0.4) is 0 Å². The molecule has 0 saturated carbocycles. The van der Waals surface area contributed by atoms with Crippen molar-refractivity contribution in [2.24, 2.45) is 0 Å². The molecule has 0 N–H and O–H groups in total. The molecule has 2 aromatic carbocycles. The van der Waals surface area contributed by atoms with Crippen molar-refractivity contribution in [3.63, 3.8) is 0 Å². The largest absolute Gasteiger partial charge is 0.449 e. The van der Waals surface area contributed by atoms with Crippen molar-refractivity contribution in [2.75, 3.05) is 0 Å². The molecule has 0 atom stereocenters. The summed E-state index contributed by atoms with van der Waals surface area (Å²) in [6.45, 7) is 1.82. The second-order valence-electron chi connectivity index (χ2n) is 4.59. The van der Waals surface area contributed by atoms with Crippen LogP contribution in [0, 0.1) is 6.92 Å². The van der Waals surface area contributed by atoms with Crippen LogP contribution in [-0.4, -0.2) is 5.97 Å². The molecule has 5 heteroatoms. The summed E-state index contributed by atoms with van der Waals surface area (Å²) in [5.74, 6) is 0.0937. The fraction of sp³-hybridized carbons (Fsp3) is 0.0625. The Morgan fingerprint density at radius 3 is 2.76 bits per heavy atom. The van der Waals surface area contributed by atoms with Gasteiger partial charge in [0, 0.05) is 14.9 Å². The van der Waals surface area contributed by atoms with Crippen molar-refractivity contribution in [2.45, 2.75) is 6.92 Å². The third kappa shape index (κ3) is 2.96. The van der Waals surface area contributed by atoms with E-state index in [1.807, 2.05) is 19.1 Å². The lowest BCUT2D eigenvalue weighted by Crippen LogP contribution is -2.08. The van der Waals surface area contributed by atoms with Crippen molar-refractivity contribution in [1.29, 1.82) is 0 Å². The van der Waals surface area contributed by atoms with Crippen LogP contribution in [-0.2, 0) is 0 Å². The molecule has 0 amide bonds. The van der Waals surface area contributed by atoms with Gasteiger partial charge in [0.05, 0.1) is 0 Å². The number of benzene rings is 2. The Morgan fingerprint density at radius 1 is 1.19 bits per heavy atom. The van der Waals surface area contributed by atoms with Gasteiger partial charge >= 0.3 is 5.97 Å². The van der Waals surface area contributed by atoms with E-state index in [-0.39, 0.29) is 5.76 Å². The van der Waals surface area contributed by atoms with Gasteiger partial charge in [-0.25, -0.2) is 4.79 Å². The Bertz CT molecular complexity index is 839. The Morgan fingerprint density at radius 2 is 2.00 bits per heavy atom. The van der Waals surface area contributed by atoms with Crippen molar-refractivity contribution >= 4 is 44.5 Å². The molecule has 3 rings (SSSR count). The number of hydrogen-bond acceptors (Lipinski definition) is 3. The van der Waals surface area contributed by atoms with Crippen molar-refractivity contribution in [1.82, 2.24) is 0 Å². The number of aryl methyl sites for hydroxylation is 1. The first-order chi connectivity index (χ1) is 10.0. The first kappa shape index (κ1) is 14.2. The first-order valence-electron chi connectivity index (χ1n) is 6.20. The Hall–Kier alpha value is -1.78. The van der Waals surface area contributed by atoms with Crippen molar-refractivity contribution in [3.8, 4) is 5.75 Å². The molecule has 21 heavy (non-hydrogen) atoms. The highest BCUT2D eigenvalue weighted by Crippen LogP contribution is 2.26. The van der Waals surface area contributed by atoms with Gasteiger partial charge in [-0.15, -0.1) is 0 Å². The molecular weight excluding hydrogens is 356 g/mol. The standard InChI is InChI=1S/C16H10BrClO3/c1-9-6-12(18)3-5-13(9)21-16(19)15-8-10-7-11(17)2-4-14(10)20-15/h2-8H,1H3. The van der Waals surface area contributed by atoms with Gasteiger partial charge in [0.15, 0.2) is 0 Å². The number of carbonyl (C=O) groups excluding carboxylic acids is 1. The maximum Gasteiger partial charge on any atom is 0.379 e. The zero-order chi connectivity index (χ0) is 15.0. The van der Waals surface area contributed by atoms with Gasteiger partial charge in [0.2, 0.25) is 5.76 Å². The summed E-state index contributed by atoms with van der Waals surface area (Å²) in [5, 5.41) is 1.44. The Kier molecular flexibility index (Phi) is 3.74. The highest BCUT2D eigenvalue weighted by Gasteiger charge is 2.16. The molecule has 1 aromatic heterocycles. The third-order valence-electron chi connectivity index (χ3n) is 3.02. The molecule has 106 valence electrons. The van der Waals surface area contributed by atoms with E-state index in [2.05, 4.69) is 15.9 Å². The fourth-order valence-electron chi connectivity index (χ4n) is 1.99. The summed E-state index contributed by atoms with van der Waals surface area (Å²) in [7, 11) is 0. The molecule has 0 saturated heterocycles. The average Bonchev–Trinajstić information content (AvgIpc) is 2.85. The first-order valence-corrected chi connectivity index (χ1v) is 7.37. The molecular formula is C16H10BrClO3. The van der Waals surface area contributed by atoms with Gasteiger partial charge < -0.3 is 9.15 Å². The third-order valence-corrected chi connectivity index (χ3v) is 3.75. The van der Waals surface area contributed by atoms with E-state index in [1.165, 1.54) is 0 Å². The maximum absolute atomic E-state index is 12.1. The lowest BCUT2D eigenvalue weighted by Gasteiger charge is -2.05. The monoisotopic (exact) mass is 364 g/mol. The minimum absolute atomic E-state index is 0.164. The van der Waals surface area contributed by atoms with E-state index in [0.29, 0.717) is 16.4 Å². The van der Waals surface area contributed by atoms with Crippen LogP contribution in [0.15, 0.2) is 51.4 Å². The molecule has 0 aliphatic heterocycles. The number of esters is 1. The van der Waals surface area contributed by atoms with Crippen LogP contribution in [0.5, 0.6) is 5.75 Å². The number of hydrogen-bond donors (Lipinski definition) is 0. The van der Waals surface area contributed by atoms with E-state index in [9.17, 15) is 4.79 Å². The number of halogens is 2. The number of furan rings is 1. The van der Waals surface area contributed by atoms with E-state index < -0.39 is 5.97 Å². The zero-order valence-electron chi connectivity index (χ0n) is 11.0. The minimum Gasteiger partial charge on any atom is -0.449 e. The van der Waals surface area contributed by atoms with Gasteiger partial charge in [-0.2, -0.15) is 0 Å². The van der Waals surface area contributed by atoms with Gasteiger partial charge in [-0.3, -0.25) is 0 Å². The molecule has 0 aliphatic carbocycles. The Balaban J connectivity index is 1.89. The Labute approximate surface area is 134 Å². The van der Waals surface area contributed by atoms with Crippen LogP contribution in [0.2, 0.25) is 5.02 Å². The number of rotatable bonds is 2. The minimum atomic E-state index is -0.534. The van der Waals surface area contributed by atoms with Gasteiger partial charge in [0.1, 0.15) is 11.3 Å². The maximum atomic E-state index is 12.1. The molecule has 0 radical (unpaired) electrons. The van der Waals surface area contributed by atoms with Gasteiger partial charge in [0.25, 0.3) is 0 Å². The molecule has 3 aromatic rings. The van der Waals surface area contributed by atoms with E-state index in [1.54, 1.807) is 30.3 Å². The normalized spacial score (nSPS) is 10.8. The number of carbonyl (C=O) groups is 1. The molecule has 3 nitrogen and oxygen atoms in total. The highest BCUT2D eigenvalue weighted by atomic mass is 79.9. The molecule has 0 aliphatic rings. The van der Waals surface area contributed by atoms with Crippen LogP contribution in [0.4, 0.5) is 0 Å². The lowest BCUT2D eigenvalue weighted by atomic mass is 10.2. The molecule has 0 spiro atoms. The quantitative estimate of drug-likeness (QED) is 0.452. The molecule has 1 heterocycles. The van der Waals surface area contributed by atoms with E-state index in [4.69, 9.17) is 20.8 Å². The summed E-state index contributed by atoms with van der Waals surface area (Å²) in [4.78, 5) is 12.1. The molecule has 0 fully saturated rings. The van der Waals surface area contributed by atoms with E-state index >= 15 is 0 Å². The SMILES string of the molecule is Cc1cc(Cl)ccc1OC(=O)c1cc2cc(Br)ccc2o1. The summed E-state index contributed by atoms with van der Waals surface area (Å²) in [6.07, 6.45) is 0. The smallest absolute Gasteiger partial charge is 0.379 e. The van der Waals surface area contributed by atoms with Crippen LogP contribution < -0.4 is 4.74 Å². The number of ether oxygens (including phenoxy) is 1. The zero-order valence-corrected chi connectivity index (χ0v) is 13.4. The van der Waals surface area contributed by atoms with E-state index in [0.717, 1.165) is 15.4 Å². The summed E-state index contributed by atoms with van der Waals surface area (Å²) < 4.78 is 11.8. The predicted molar refractivity (Wildman–Crippen MR) is 85.1 cm³/mol. The van der Waals surface area contributed by atoms with Crippen molar-refractivity contribution < 1.29 is 13.9 Å². The van der Waals surface area contributed by atoms with Gasteiger partial charge in [-0.05, 0) is 55.0 Å². The summed E-state index contributed by atoms with van der Waals surface area (Å²) in [5.41, 5.74) is 1.42. The second kappa shape index (κ2) is 5.54. The molecule has 0 unspecified atom stereocenters. The highest BCUT2D eigenvalue weighted by molar-refractivity contribution is 9.10. The van der Waals surface area contributed by atoms with Gasteiger partial charge in [-0.1, -0.05) is 27.5 Å². The number of fused-ring (bicyclic) bond motifs is 1. The lowest BCUT2D eigenvalue weighted by molar-refractivity contribution is 0.0702. The summed E-state index contributed by atoms with van der Waals surface area (Å²) >= 11 is 9.25. The van der Waals surface area contributed by atoms with Crippen LogP contribution >= 0.6 is 27.5 Å². The summed E-state index contributed by atoms with van der Waals surface area (Å²) in [6, 6.07) is 12.3. The molecule has 0 bridgehead atoms. The van der Waals surface area contributed by atoms with Crippen LogP contribution in [0.1, 0.15) is 16.1 Å². The fourth-order valence-corrected chi connectivity index (χ4v) is 2.60. The average molecular weight is 366 g/mol. The topological polar surface area (TPSA) is 39.4 Å². The predicted octanol–water partition coefficient (Wildman–Crippen LogP) is 5.38. The van der Waals surface area contributed by atoms with Crippen LogP contribution in [0.25, 0.3) is 11.0 Å².